The van der Waals surface area contributed by atoms with Crippen LogP contribution in [0.15, 0.2) is 15.2 Å². The van der Waals surface area contributed by atoms with Gasteiger partial charge in [0.25, 0.3) is 0 Å². The zero-order valence-electron chi connectivity index (χ0n) is 6.67. The van der Waals surface area contributed by atoms with Gasteiger partial charge < -0.3 is 5.73 Å². The molecule has 62 valence electrons. The van der Waals surface area contributed by atoms with Gasteiger partial charge in [0.15, 0.2) is 0 Å². The molecule has 0 saturated heterocycles. The van der Waals surface area contributed by atoms with Gasteiger partial charge in [0.2, 0.25) is 0 Å². The minimum Gasteiger partial charge on any atom is -0.324 e. The van der Waals surface area contributed by atoms with Crippen molar-refractivity contribution in [2.24, 2.45) is 11.7 Å². The summed E-state index contributed by atoms with van der Waals surface area (Å²) in [5, 5.41) is 2.11. The molecule has 0 fully saturated rings. The molecule has 0 radical (unpaired) electrons. The van der Waals surface area contributed by atoms with Crippen LogP contribution >= 0.6 is 27.3 Å². The van der Waals surface area contributed by atoms with Crippen molar-refractivity contribution in [1.29, 1.82) is 0 Å². The smallest absolute Gasteiger partial charge is 0.0701 e. The normalized spacial score (nSPS) is 13.9. The van der Waals surface area contributed by atoms with Gasteiger partial charge in [-0.1, -0.05) is 13.8 Å². The predicted octanol–water partition coefficient (Wildman–Crippen LogP) is 3.17. The standard InChI is InChI=1S/C8H12BrNS/c1-5(2)8(10)6-3-7(9)11-4-6/h3-5,8H,10H2,1-2H3. The van der Waals surface area contributed by atoms with Crippen molar-refractivity contribution < 1.29 is 0 Å². The molecule has 1 aromatic rings. The lowest BCUT2D eigenvalue weighted by Gasteiger charge is -2.13. The first kappa shape index (κ1) is 9.23. The Labute approximate surface area is 79.7 Å². The highest BCUT2D eigenvalue weighted by atomic mass is 79.9. The number of rotatable bonds is 2. The minimum absolute atomic E-state index is 0.178. The van der Waals surface area contributed by atoms with E-state index in [1.54, 1.807) is 11.3 Å². The Morgan fingerprint density at radius 2 is 2.18 bits per heavy atom. The van der Waals surface area contributed by atoms with Crippen LogP contribution in [0, 0.1) is 5.92 Å². The summed E-state index contributed by atoms with van der Waals surface area (Å²) in [5.74, 6) is 0.511. The predicted molar refractivity (Wildman–Crippen MR) is 53.8 cm³/mol. The average Bonchev–Trinajstić information content (AvgIpc) is 2.34. The summed E-state index contributed by atoms with van der Waals surface area (Å²) < 4.78 is 1.16. The molecule has 1 unspecified atom stereocenters. The maximum atomic E-state index is 5.94. The Balaban J connectivity index is 2.76. The lowest BCUT2D eigenvalue weighted by molar-refractivity contribution is 0.515. The SMILES string of the molecule is CC(C)C(N)c1csc(Br)c1. The monoisotopic (exact) mass is 233 g/mol. The van der Waals surface area contributed by atoms with E-state index in [1.807, 2.05) is 0 Å². The summed E-state index contributed by atoms with van der Waals surface area (Å²) in [6.07, 6.45) is 0. The Kier molecular flexibility index (Phi) is 3.10. The second-order valence-corrected chi connectivity index (χ2v) is 5.24. The minimum atomic E-state index is 0.178. The fraction of sp³-hybridized carbons (Fsp3) is 0.500. The van der Waals surface area contributed by atoms with Crippen molar-refractivity contribution in [3.63, 3.8) is 0 Å². The molecule has 1 nitrogen and oxygen atoms in total. The van der Waals surface area contributed by atoms with Crippen molar-refractivity contribution in [2.45, 2.75) is 19.9 Å². The summed E-state index contributed by atoms with van der Waals surface area (Å²) in [6, 6.07) is 2.27. The molecule has 0 amide bonds. The van der Waals surface area contributed by atoms with Gasteiger partial charge in [-0.25, -0.2) is 0 Å². The van der Waals surface area contributed by atoms with Crippen LogP contribution in [-0.2, 0) is 0 Å². The van der Waals surface area contributed by atoms with E-state index in [1.165, 1.54) is 5.56 Å². The maximum absolute atomic E-state index is 5.94. The second-order valence-electron chi connectivity index (χ2n) is 2.95. The van der Waals surface area contributed by atoms with E-state index in [9.17, 15) is 0 Å². The second kappa shape index (κ2) is 3.70. The number of halogens is 1. The fourth-order valence-corrected chi connectivity index (χ4v) is 2.11. The molecule has 0 aliphatic rings. The Morgan fingerprint density at radius 1 is 1.55 bits per heavy atom. The van der Waals surface area contributed by atoms with Crippen LogP contribution in [0.2, 0.25) is 0 Å². The van der Waals surface area contributed by atoms with Gasteiger partial charge in [0.05, 0.1) is 3.79 Å². The van der Waals surface area contributed by atoms with Crippen LogP contribution in [0.1, 0.15) is 25.5 Å². The van der Waals surface area contributed by atoms with Gasteiger partial charge in [-0.15, -0.1) is 11.3 Å². The van der Waals surface area contributed by atoms with Gasteiger partial charge in [-0.3, -0.25) is 0 Å². The molecule has 1 aromatic heterocycles. The van der Waals surface area contributed by atoms with Crippen LogP contribution in [0.4, 0.5) is 0 Å². The van der Waals surface area contributed by atoms with Gasteiger partial charge in [0, 0.05) is 6.04 Å². The first-order valence-electron chi connectivity index (χ1n) is 3.60. The van der Waals surface area contributed by atoms with Crippen molar-refractivity contribution in [2.75, 3.05) is 0 Å². The molecule has 0 bridgehead atoms. The van der Waals surface area contributed by atoms with Crippen LogP contribution in [0.5, 0.6) is 0 Å². The highest BCUT2D eigenvalue weighted by Gasteiger charge is 2.11. The van der Waals surface area contributed by atoms with Gasteiger partial charge in [0.1, 0.15) is 0 Å². The number of nitrogens with two attached hydrogens (primary N) is 1. The number of thiophene rings is 1. The first-order valence-corrected chi connectivity index (χ1v) is 5.28. The largest absolute Gasteiger partial charge is 0.324 e. The molecular weight excluding hydrogens is 222 g/mol. The summed E-state index contributed by atoms with van der Waals surface area (Å²) >= 11 is 5.10. The molecule has 11 heavy (non-hydrogen) atoms. The van der Waals surface area contributed by atoms with E-state index in [4.69, 9.17) is 5.73 Å². The van der Waals surface area contributed by atoms with Crippen molar-refractivity contribution in [1.82, 2.24) is 0 Å². The zero-order chi connectivity index (χ0) is 8.43. The zero-order valence-corrected chi connectivity index (χ0v) is 9.08. The van der Waals surface area contributed by atoms with Crippen molar-refractivity contribution in [3.8, 4) is 0 Å². The van der Waals surface area contributed by atoms with E-state index in [0.29, 0.717) is 5.92 Å². The van der Waals surface area contributed by atoms with Crippen molar-refractivity contribution in [3.05, 3.63) is 20.8 Å². The Bertz CT molecular complexity index is 232. The topological polar surface area (TPSA) is 26.0 Å². The summed E-state index contributed by atoms with van der Waals surface area (Å²) in [4.78, 5) is 0. The number of hydrogen-bond acceptors (Lipinski definition) is 2. The molecule has 2 N–H and O–H groups in total. The summed E-state index contributed by atoms with van der Waals surface area (Å²) in [6.45, 7) is 4.27. The lowest BCUT2D eigenvalue weighted by Crippen LogP contribution is -2.15. The van der Waals surface area contributed by atoms with E-state index in [0.717, 1.165) is 3.79 Å². The van der Waals surface area contributed by atoms with E-state index in [2.05, 4.69) is 41.2 Å². The van der Waals surface area contributed by atoms with Crippen LogP contribution in [-0.4, -0.2) is 0 Å². The fourth-order valence-electron chi connectivity index (χ4n) is 0.883. The molecule has 1 rings (SSSR count). The molecule has 0 aliphatic carbocycles. The molecule has 1 heterocycles. The summed E-state index contributed by atoms with van der Waals surface area (Å²) in [7, 11) is 0. The third-order valence-electron chi connectivity index (χ3n) is 1.69. The van der Waals surface area contributed by atoms with Gasteiger partial charge in [-0.05, 0) is 38.9 Å². The molecule has 0 aliphatic heterocycles. The highest BCUT2D eigenvalue weighted by Crippen LogP contribution is 2.27. The van der Waals surface area contributed by atoms with Crippen LogP contribution in [0.25, 0.3) is 0 Å². The third kappa shape index (κ3) is 2.29. The van der Waals surface area contributed by atoms with Crippen molar-refractivity contribution >= 4 is 27.3 Å². The number of hydrogen-bond donors (Lipinski definition) is 1. The lowest BCUT2D eigenvalue weighted by atomic mass is 10.0. The average molecular weight is 234 g/mol. The van der Waals surface area contributed by atoms with E-state index in [-0.39, 0.29) is 6.04 Å². The molecule has 1 atom stereocenters. The molecule has 3 heteroatoms. The molecule has 0 spiro atoms. The Hall–Kier alpha value is 0.140. The Morgan fingerprint density at radius 3 is 2.55 bits per heavy atom. The first-order chi connectivity index (χ1) is 5.11. The van der Waals surface area contributed by atoms with Gasteiger partial charge in [-0.2, -0.15) is 0 Å². The molecule has 0 saturated carbocycles. The van der Waals surface area contributed by atoms with Crippen LogP contribution < -0.4 is 5.73 Å². The quantitative estimate of drug-likeness (QED) is 0.835. The van der Waals surface area contributed by atoms with E-state index < -0.39 is 0 Å². The summed E-state index contributed by atoms with van der Waals surface area (Å²) in [5.41, 5.74) is 7.17. The van der Waals surface area contributed by atoms with Gasteiger partial charge >= 0.3 is 0 Å². The highest BCUT2D eigenvalue weighted by molar-refractivity contribution is 9.11. The third-order valence-corrected chi connectivity index (χ3v) is 3.21. The van der Waals surface area contributed by atoms with E-state index >= 15 is 0 Å². The molecular formula is C8H12BrNS. The maximum Gasteiger partial charge on any atom is 0.0701 e. The molecule has 0 aromatic carbocycles. The van der Waals surface area contributed by atoms with Crippen LogP contribution in [0.3, 0.4) is 0 Å².